The number of amides is 1. The molecule has 1 aromatic carbocycles. The maximum atomic E-state index is 11.7. The largest absolute Gasteiger partial charge is 0.456 e. The number of aryl methyl sites for hydroxylation is 1. The second-order valence-electron chi connectivity index (χ2n) is 3.90. The first kappa shape index (κ1) is 13.9. The molecule has 1 amide bonds. The fourth-order valence-electron chi connectivity index (χ4n) is 1.52. The summed E-state index contributed by atoms with van der Waals surface area (Å²) in [5, 5.41) is 0. The Morgan fingerprint density at radius 3 is 2.56 bits per heavy atom. The summed E-state index contributed by atoms with van der Waals surface area (Å²) in [4.78, 5) is 34.4. The van der Waals surface area contributed by atoms with Gasteiger partial charge in [0.2, 0.25) is 0 Å². The van der Waals surface area contributed by atoms with Crippen molar-refractivity contribution in [2.45, 2.75) is 13.8 Å². The van der Waals surface area contributed by atoms with Crippen LogP contribution in [0.5, 0.6) is 0 Å². The van der Waals surface area contributed by atoms with Gasteiger partial charge in [0.25, 0.3) is 5.91 Å². The number of anilines is 1. The molecule has 96 valence electrons. The van der Waals surface area contributed by atoms with Crippen molar-refractivity contribution in [3.8, 4) is 0 Å². The van der Waals surface area contributed by atoms with E-state index in [4.69, 9.17) is 0 Å². The van der Waals surface area contributed by atoms with Crippen LogP contribution < -0.4 is 4.90 Å². The molecule has 5 heteroatoms. The first-order valence-electron chi connectivity index (χ1n) is 5.41. The monoisotopic (exact) mass is 249 g/mol. The predicted octanol–water partition coefficient (Wildman–Crippen LogP) is 1.33. The molecular formula is C13H15NO4. The highest BCUT2D eigenvalue weighted by Gasteiger charge is 2.14. The highest BCUT2D eigenvalue weighted by Crippen LogP contribution is 2.19. The summed E-state index contributed by atoms with van der Waals surface area (Å²) < 4.78 is 4.64. The number of hydrogen-bond donors (Lipinski definition) is 0. The van der Waals surface area contributed by atoms with Gasteiger partial charge in [-0.05, 0) is 30.7 Å². The van der Waals surface area contributed by atoms with E-state index in [0.717, 1.165) is 11.8 Å². The van der Waals surface area contributed by atoms with E-state index in [1.807, 2.05) is 0 Å². The molecule has 0 saturated heterocycles. The number of hydrogen-bond acceptors (Lipinski definition) is 4. The highest BCUT2D eigenvalue weighted by molar-refractivity contribution is 5.95. The Bertz CT molecular complexity index is 482. The van der Waals surface area contributed by atoms with E-state index in [9.17, 15) is 14.4 Å². The standard InChI is InChI=1S/C13H15NO4/c1-9-6-11(7-15)4-5-12(9)14(3)13(17)8-18-10(2)16/h4-7H,8H2,1-3H3. The number of likely N-dealkylation sites (N-methyl/N-ethyl adjacent to an activating group) is 1. The lowest BCUT2D eigenvalue weighted by Gasteiger charge is -2.19. The zero-order valence-corrected chi connectivity index (χ0v) is 10.6. The van der Waals surface area contributed by atoms with E-state index in [-0.39, 0.29) is 12.5 Å². The van der Waals surface area contributed by atoms with Gasteiger partial charge in [-0.1, -0.05) is 0 Å². The van der Waals surface area contributed by atoms with Crippen LogP contribution in [0.4, 0.5) is 5.69 Å². The van der Waals surface area contributed by atoms with Crippen molar-refractivity contribution in [2.75, 3.05) is 18.6 Å². The Labute approximate surface area is 105 Å². The molecule has 5 nitrogen and oxygen atoms in total. The third-order valence-electron chi connectivity index (χ3n) is 2.49. The SMILES string of the molecule is CC(=O)OCC(=O)N(C)c1ccc(C=O)cc1C. The smallest absolute Gasteiger partial charge is 0.303 e. The van der Waals surface area contributed by atoms with Crippen LogP contribution in [-0.2, 0) is 14.3 Å². The van der Waals surface area contributed by atoms with Crippen molar-refractivity contribution in [3.63, 3.8) is 0 Å². The Hall–Kier alpha value is -2.17. The topological polar surface area (TPSA) is 63.7 Å². The second kappa shape index (κ2) is 5.95. The van der Waals surface area contributed by atoms with E-state index in [1.165, 1.54) is 11.8 Å². The number of benzene rings is 1. The van der Waals surface area contributed by atoms with Gasteiger partial charge in [-0.2, -0.15) is 0 Å². The molecule has 0 spiro atoms. The molecular weight excluding hydrogens is 234 g/mol. The van der Waals surface area contributed by atoms with Gasteiger partial charge in [-0.3, -0.25) is 14.4 Å². The van der Waals surface area contributed by atoms with Crippen LogP contribution >= 0.6 is 0 Å². The number of nitrogens with zero attached hydrogens (tertiary/aromatic N) is 1. The Morgan fingerprint density at radius 2 is 2.06 bits per heavy atom. The van der Waals surface area contributed by atoms with E-state index in [0.29, 0.717) is 11.3 Å². The molecule has 1 aromatic rings. The Balaban J connectivity index is 2.83. The minimum Gasteiger partial charge on any atom is -0.456 e. The molecule has 0 atom stereocenters. The molecule has 0 radical (unpaired) electrons. The minimum atomic E-state index is -0.496. The fraction of sp³-hybridized carbons (Fsp3) is 0.308. The average Bonchev–Trinajstić information content (AvgIpc) is 2.34. The molecule has 0 saturated carbocycles. The molecule has 0 aromatic heterocycles. The zero-order valence-electron chi connectivity index (χ0n) is 10.6. The van der Waals surface area contributed by atoms with Crippen LogP contribution in [0.3, 0.4) is 0 Å². The van der Waals surface area contributed by atoms with Gasteiger partial charge in [-0.15, -0.1) is 0 Å². The number of carbonyl (C=O) groups excluding carboxylic acids is 3. The van der Waals surface area contributed by atoms with Gasteiger partial charge in [0, 0.05) is 25.2 Å². The summed E-state index contributed by atoms with van der Waals surface area (Å²) in [7, 11) is 1.59. The Kier molecular flexibility index (Phi) is 4.59. The number of esters is 1. The molecule has 0 aliphatic rings. The molecule has 0 N–H and O–H groups in total. The van der Waals surface area contributed by atoms with Gasteiger partial charge in [0.1, 0.15) is 6.29 Å². The fourth-order valence-corrected chi connectivity index (χ4v) is 1.52. The molecule has 0 aliphatic heterocycles. The highest BCUT2D eigenvalue weighted by atomic mass is 16.5. The summed E-state index contributed by atoms with van der Waals surface area (Å²) in [5.41, 5.74) is 2.04. The van der Waals surface area contributed by atoms with Gasteiger partial charge in [-0.25, -0.2) is 0 Å². The third kappa shape index (κ3) is 3.41. The van der Waals surface area contributed by atoms with Crippen LogP contribution in [0.15, 0.2) is 18.2 Å². The minimum absolute atomic E-state index is 0.291. The maximum Gasteiger partial charge on any atom is 0.303 e. The van der Waals surface area contributed by atoms with Crippen molar-refractivity contribution in [1.82, 2.24) is 0 Å². The van der Waals surface area contributed by atoms with Gasteiger partial charge < -0.3 is 9.64 Å². The lowest BCUT2D eigenvalue weighted by molar-refractivity contribution is -0.145. The molecule has 0 fully saturated rings. The van der Waals surface area contributed by atoms with Crippen molar-refractivity contribution < 1.29 is 19.1 Å². The van der Waals surface area contributed by atoms with E-state index in [2.05, 4.69) is 4.74 Å². The summed E-state index contributed by atoms with van der Waals surface area (Å²) in [6.45, 7) is 2.76. The van der Waals surface area contributed by atoms with Gasteiger partial charge in [0.05, 0.1) is 0 Å². The van der Waals surface area contributed by atoms with Gasteiger partial charge >= 0.3 is 5.97 Å². The maximum absolute atomic E-state index is 11.7. The summed E-state index contributed by atoms with van der Waals surface area (Å²) in [6, 6.07) is 5.01. The first-order chi connectivity index (χ1) is 8.45. The van der Waals surface area contributed by atoms with E-state index in [1.54, 1.807) is 32.2 Å². The molecule has 0 heterocycles. The first-order valence-corrected chi connectivity index (χ1v) is 5.41. The number of ether oxygens (including phenoxy) is 1. The predicted molar refractivity (Wildman–Crippen MR) is 66.6 cm³/mol. The molecule has 0 bridgehead atoms. The van der Waals surface area contributed by atoms with Crippen LogP contribution in [0.1, 0.15) is 22.8 Å². The van der Waals surface area contributed by atoms with E-state index < -0.39 is 5.97 Å². The number of carbonyl (C=O) groups is 3. The average molecular weight is 249 g/mol. The lowest BCUT2D eigenvalue weighted by atomic mass is 10.1. The van der Waals surface area contributed by atoms with Crippen LogP contribution in [0.2, 0.25) is 0 Å². The van der Waals surface area contributed by atoms with Crippen LogP contribution in [-0.4, -0.2) is 31.8 Å². The molecule has 0 aliphatic carbocycles. The lowest BCUT2D eigenvalue weighted by Crippen LogP contribution is -2.31. The van der Waals surface area contributed by atoms with Crippen LogP contribution in [0, 0.1) is 6.92 Å². The van der Waals surface area contributed by atoms with Crippen molar-refractivity contribution in [2.24, 2.45) is 0 Å². The number of aldehydes is 1. The summed E-state index contributed by atoms with van der Waals surface area (Å²) in [5.74, 6) is -0.822. The van der Waals surface area contributed by atoms with Gasteiger partial charge in [0.15, 0.2) is 6.61 Å². The van der Waals surface area contributed by atoms with Crippen LogP contribution in [0.25, 0.3) is 0 Å². The molecule has 0 unspecified atom stereocenters. The molecule has 1 rings (SSSR count). The third-order valence-corrected chi connectivity index (χ3v) is 2.49. The number of rotatable bonds is 4. The van der Waals surface area contributed by atoms with Crippen molar-refractivity contribution in [1.29, 1.82) is 0 Å². The van der Waals surface area contributed by atoms with E-state index >= 15 is 0 Å². The van der Waals surface area contributed by atoms with Crippen molar-refractivity contribution in [3.05, 3.63) is 29.3 Å². The zero-order chi connectivity index (χ0) is 13.7. The summed E-state index contributed by atoms with van der Waals surface area (Å²) >= 11 is 0. The summed E-state index contributed by atoms with van der Waals surface area (Å²) in [6.07, 6.45) is 0.747. The second-order valence-corrected chi connectivity index (χ2v) is 3.90. The quantitative estimate of drug-likeness (QED) is 0.596. The molecule has 18 heavy (non-hydrogen) atoms. The Morgan fingerprint density at radius 1 is 1.39 bits per heavy atom. The normalized spacial score (nSPS) is 9.72. The van der Waals surface area contributed by atoms with Crippen molar-refractivity contribution >= 4 is 23.9 Å².